The maximum Gasteiger partial charge on any atom is 0.242 e. The Balaban J connectivity index is 2.20. The summed E-state index contributed by atoms with van der Waals surface area (Å²) in [6.45, 7) is 6.55. The Morgan fingerprint density at radius 3 is 2.23 bits per heavy atom. The molecule has 0 aliphatic rings. The van der Waals surface area contributed by atoms with E-state index >= 15 is 0 Å². The molecule has 0 saturated heterocycles. The van der Waals surface area contributed by atoms with Crippen LogP contribution in [0.4, 0.5) is 5.69 Å². The number of anilines is 1. The summed E-state index contributed by atoms with van der Waals surface area (Å²) in [6, 6.07) is 14.0. The molecule has 2 aromatic rings. The number of sulfonamides is 1. The van der Waals surface area contributed by atoms with Gasteiger partial charge in [-0.15, -0.1) is 0 Å². The standard InChI is InChI=1S/C26H36ClN3O4S/c1-5-20-14-16-22(17-15-20)30(35(4,33)34)18-10-13-25(31)29(24(6-2)26(32)28-7-3)19-21-11-8-9-12-23(21)27/h8-9,11-12,14-17,24H,5-7,10,13,18-19H2,1-4H3,(H,28,32)/t24-/m0/s1. The van der Waals surface area contributed by atoms with E-state index in [2.05, 4.69) is 5.32 Å². The lowest BCUT2D eigenvalue weighted by Crippen LogP contribution is -2.49. The minimum Gasteiger partial charge on any atom is -0.355 e. The van der Waals surface area contributed by atoms with Gasteiger partial charge in [-0.1, -0.05) is 55.8 Å². The van der Waals surface area contributed by atoms with Gasteiger partial charge in [-0.2, -0.15) is 0 Å². The molecule has 9 heteroatoms. The first-order valence-electron chi connectivity index (χ1n) is 12.0. The van der Waals surface area contributed by atoms with E-state index in [-0.39, 0.29) is 31.3 Å². The van der Waals surface area contributed by atoms with E-state index in [0.717, 1.165) is 23.8 Å². The number of nitrogens with zero attached hydrogens (tertiary/aromatic N) is 2. The number of rotatable bonds is 13. The van der Waals surface area contributed by atoms with Crippen molar-refractivity contribution in [3.05, 3.63) is 64.7 Å². The molecule has 2 rings (SSSR count). The molecular weight excluding hydrogens is 486 g/mol. The van der Waals surface area contributed by atoms with Crippen molar-refractivity contribution >= 4 is 39.1 Å². The van der Waals surface area contributed by atoms with Gasteiger partial charge < -0.3 is 10.2 Å². The average molecular weight is 522 g/mol. The van der Waals surface area contributed by atoms with Crippen LogP contribution in [0.1, 0.15) is 51.2 Å². The molecule has 0 aromatic heterocycles. The molecule has 0 unspecified atom stereocenters. The van der Waals surface area contributed by atoms with Gasteiger partial charge >= 0.3 is 0 Å². The van der Waals surface area contributed by atoms with Gasteiger partial charge in [0.15, 0.2) is 0 Å². The van der Waals surface area contributed by atoms with Gasteiger partial charge in [0.2, 0.25) is 21.8 Å². The molecule has 0 fully saturated rings. The Kier molecular flexibility index (Phi) is 11.0. The van der Waals surface area contributed by atoms with Gasteiger partial charge in [0.05, 0.1) is 11.9 Å². The number of nitrogens with one attached hydrogen (secondary N) is 1. The van der Waals surface area contributed by atoms with E-state index in [1.807, 2.05) is 51.1 Å². The third-order valence-corrected chi connectivity index (χ3v) is 7.38. The second-order valence-corrected chi connectivity index (χ2v) is 10.7. The molecule has 0 saturated carbocycles. The predicted molar refractivity (Wildman–Crippen MR) is 142 cm³/mol. The fourth-order valence-corrected chi connectivity index (χ4v) is 5.08. The van der Waals surface area contributed by atoms with Crippen molar-refractivity contribution in [1.82, 2.24) is 10.2 Å². The van der Waals surface area contributed by atoms with Crippen LogP contribution < -0.4 is 9.62 Å². The molecule has 0 bridgehead atoms. The van der Waals surface area contributed by atoms with Crippen LogP contribution in [-0.4, -0.2) is 50.5 Å². The molecule has 0 radical (unpaired) electrons. The zero-order valence-corrected chi connectivity index (χ0v) is 22.5. The fourth-order valence-electron chi connectivity index (χ4n) is 3.92. The second kappa shape index (κ2) is 13.5. The summed E-state index contributed by atoms with van der Waals surface area (Å²) < 4.78 is 26.2. The zero-order chi connectivity index (χ0) is 26.0. The minimum absolute atomic E-state index is 0.0966. The normalized spacial score (nSPS) is 12.1. The number of benzene rings is 2. The Morgan fingerprint density at radius 1 is 1.03 bits per heavy atom. The monoisotopic (exact) mass is 521 g/mol. The number of likely N-dealkylation sites (N-methyl/N-ethyl adjacent to an activating group) is 1. The van der Waals surface area contributed by atoms with Crippen LogP contribution in [0.3, 0.4) is 0 Å². The summed E-state index contributed by atoms with van der Waals surface area (Å²) in [6.07, 6.45) is 2.88. The predicted octanol–water partition coefficient (Wildman–Crippen LogP) is 4.39. The average Bonchev–Trinajstić information content (AvgIpc) is 2.82. The highest BCUT2D eigenvalue weighted by molar-refractivity contribution is 7.92. The van der Waals surface area contributed by atoms with E-state index in [1.54, 1.807) is 23.1 Å². The molecule has 35 heavy (non-hydrogen) atoms. The van der Waals surface area contributed by atoms with Crippen LogP contribution in [0.25, 0.3) is 0 Å². The molecule has 0 aliphatic carbocycles. The number of amides is 2. The Hall–Kier alpha value is -2.58. The molecule has 2 aromatic carbocycles. The van der Waals surface area contributed by atoms with Crippen molar-refractivity contribution in [3.63, 3.8) is 0 Å². The van der Waals surface area contributed by atoms with Gasteiger partial charge in [-0.05, 0) is 55.5 Å². The summed E-state index contributed by atoms with van der Waals surface area (Å²) in [5, 5.41) is 3.33. The highest BCUT2D eigenvalue weighted by Gasteiger charge is 2.29. The Labute approximate surface area is 214 Å². The summed E-state index contributed by atoms with van der Waals surface area (Å²) >= 11 is 6.34. The van der Waals surface area contributed by atoms with Gasteiger partial charge in [-0.25, -0.2) is 8.42 Å². The lowest BCUT2D eigenvalue weighted by Gasteiger charge is -2.31. The van der Waals surface area contributed by atoms with Crippen LogP contribution in [0.5, 0.6) is 0 Å². The van der Waals surface area contributed by atoms with Crippen LogP contribution in [-0.2, 0) is 32.6 Å². The molecule has 1 N–H and O–H groups in total. The number of carbonyl (C=O) groups excluding carboxylic acids is 2. The molecule has 7 nitrogen and oxygen atoms in total. The largest absolute Gasteiger partial charge is 0.355 e. The van der Waals surface area contributed by atoms with Crippen molar-refractivity contribution in [3.8, 4) is 0 Å². The second-order valence-electron chi connectivity index (χ2n) is 8.39. The summed E-state index contributed by atoms with van der Waals surface area (Å²) in [5.41, 5.74) is 2.43. The lowest BCUT2D eigenvalue weighted by molar-refractivity contribution is -0.141. The first kappa shape index (κ1) is 28.7. The lowest BCUT2D eigenvalue weighted by atomic mass is 10.1. The van der Waals surface area contributed by atoms with Crippen LogP contribution in [0.15, 0.2) is 48.5 Å². The Morgan fingerprint density at radius 2 is 1.69 bits per heavy atom. The van der Waals surface area contributed by atoms with Crippen molar-refractivity contribution < 1.29 is 18.0 Å². The van der Waals surface area contributed by atoms with Gasteiger partial charge in [0, 0.05) is 31.1 Å². The maximum absolute atomic E-state index is 13.4. The molecule has 0 spiro atoms. The van der Waals surface area contributed by atoms with Crippen LogP contribution >= 0.6 is 11.6 Å². The first-order chi connectivity index (χ1) is 16.6. The number of halogens is 1. The van der Waals surface area contributed by atoms with Crippen LogP contribution in [0, 0.1) is 0 Å². The zero-order valence-electron chi connectivity index (χ0n) is 21.0. The van der Waals surface area contributed by atoms with Gasteiger partial charge in [-0.3, -0.25) is 13.9 Å². The number of carbonyl (C=O) groups is 2. The van der Waals surface area contributed by atoms with Crippen molar-refractivity contribution in [2.24, 2.45) is 0 Å². The van der Waals surface area contributed by atoms with Gasteiger partial charge in [0.25, 0.3) is 0 Å². The summed E-state index contributed by atoms with van der Waals surface area (Å²) in [7, 11) is -3.52. The SMILES string of the molecule is CCNC(=O)[C@H](CC)N(Cc1ccccc1Cl)C(=O)CCCN(c1ccc(CC)cc1)S(C)(=O)=O. The van der Waals surface area contributed by atoms with Gasteiger partial charge in [0.1, 0.15) is 6.04 Å². The van der Waals surface area contributed by atoms with Crippen molar-refractivity contribution in [1.29, 1.82) is 0 Å². The van der Waals surface area contributed by atoms with E-state index in [4.69, 9.17) is 11.6 Å². The van der Waals surface area contributed by atoms with E-state index < -0.39 is 16.1 Å². The quantitative estimate of drug-likeness (QED) is 0.423. The smallest absolute Gasteiger partial charge is 0.242 e. The number of aryl methyl sites for hydroxylation is 1. The summed E-state index contributed by atoms with van der Waals surface area (Å²) in [5.74, 6) is -0.443. The highest BCUT2D eigenvalue weighted by atomic mass is 35.5. The highest BCUT2D eigenvalue weighted by Crippen LogP contribution is 2.22. The molecule has 1 atom stereocenters. The van der Waals surface area contributed by atoms with Crippen molar-refractivity contribution in [2.75, 3.05) is 23.7 Å². The van der Waals surface area contributed by atoms with E-state index in [0.29, 0.717) is 30.1 Å². The molecule has 0 aliphatic heterocycles. The van der Waals surface area contributed by atoms with E-state index in [9.17, 15) is 18.0 Å². The number of hydrogen-bond acceptors (Lipinski definition) is 4. The molecule has 0 heterocycles. The topological polar surface area (TPSA) is 86.8 Å². The summed E-state index contributed by atoms with van der Waals surface area (Å²) in [4.78, 5) is 27.6. The van der Waals surface area contributed by atoms with Crippen LogP contribution in [0.2, 0.25) is 5.02 Å². The number of hydrogen-bond donors (Lipinski definition) is 1. The molecular formula is C26H36ClN3O4S. The third kappa shape index (κ3) is 8.25. The molecule has 2 amide bonds. The minimum atomic E-state index is -3.52. The maximum atomic E-state index is 13.4. The first-order valence-corrected chi connectivity index (χ1v) is 14.2. The Bertz CT molecular complexity index is 1090. The third-order valence-electron chi connectivity index (χ3n) is 5.82. The van der Waals surface area contributed by atoms with E-state index in [1.165, 1.54) is 4.31 Å². The fraction of sp³-hybridized carbons (Fsp3) is 0.462. The molecule has 192 valence electrons. The van der Waals surface area contributed by atoms with Crippen molar-refractivity contribution in [2.45, 2.75) is 59.0 Å².